The number of fused-ring (bicyclic) bond motifs is 1. The highest BCUT2D eigenvalue weighted by molar-refractivity contribution is 7.22. The van der Waals surface area contributed by atoms with Gasteiger partial charge in [0.1, 0.15) is 0 Å². The maximum absolute atomic E-state index is 4.65. The predicted molar refractivity (Wildman–Crippen MR) is 65.6 cm³/mol. The minimum Gasteiger partial charge on any atom is -0.356 e. The quantitative estimate of drug-likeness (QED) is 0.833. The Morgan fingerprint density at radius 2 is 2.20 bits per heavy atom. The second-order valence-electron chi connectivity index (χ2n) is 4.63. The zero-order valence-corrected chi connectivity index (χ0v) is 9.82. The zero-order valence-electron chi connectivity index (χ0n) is 9.00. The smallest absolute Gasteiger partial charge is 0.184 e. The maximum Gasteiger partial charge on any atom is 0.184 e. The van der Waals surface area contributed by atoms with Gasteiger partial charge in [0, 0.05) is 5.54 Å². The molecule has 1 aliphatic rings. The summed E-state index contributed by atoms with van der Waals surface area (Å²) >= 11 is 1.76. The zero-order chi connectivity index (χ0) is 10.5. The van der Waals surface area contributed by atoms with Gasteiger partial charge in [0.05, 0.1) is 10.2 Å². The minimum atomic E-state index is 0.321. The molecule has 0 unspecified atom stereocenters. The molecule has 0 amide bonds. The first-order chi connectivity index (χ1) is 7.16. The average molecular weight is 218 g/mol. The molecular formula is C12H14N2S. The number of para-hydroxylation sites is 1. The van der Waals surface area contributed by atoms with Crippen molar-refractivity contribution in [1.29, 1.82) is 0 Å². The van der Waals surface area contributed by atoms with Crippen LogP contribution in [-0.2, 0) is 0 Å². The van der Waals surface area contributed by atoms with Gasteiger partial charge in [-0.1, -0.05) is 23.5 Å². The van der Waals surface area contributed by atoms with Crippen LogP contribution in [0.1, 0.15) is 25.3 Å². The molecule has 15 heavy (non-hydrogen) atoms. The van der Waals surface area contributed by atoms with Crippen molar-refractivity contribution in [3.8, 4) is 0 Å². The highest BCUT2D eigenvalue weighted by atomic mass is 32.1. The largest absolute Gasteiger partial charge is 0.356 e. The molecule has 0 atom stereocenters. The highest BCUT2D eigenvalue weighted by Gasteiger charge is 2.37. The Hall–Kier alpha value is -1.09. The summed E-state index contributed by atoms with van der Waals surface area (Å²) in [6, 6.07) is 6.35. The number of nitrogens with one attached hydrogen (secondary N) is 1. The summed E-state index contributed by atoms with van der Waals surface area (Å²) in [6.07, 6.45) is 2.53. The van der Waals surface area contributed by atoms with Gasteiger partial charge in [-0.25, -0.2) is 4.98 Å². The number of anilines is 1. The van der Waals surface area contributed by atoms with Gasteiger partial charge < -0.3 is 5.32 Å². The summed E-state index contributed by atoms with van der Waals surface area (Å²) in [5.41, 5.74) is 2.73. The fourth-order valence-electron chi connectivity index (χ4n) is 1.71. The first-order valence-corrected chi connectivity index (χ1v) is 6.12. The minimum absolute atomic E-state index is 0.321. The second-order valence-corrected chi connectivity index (χ2v) is 5.66. The van der Waals surface area contributed by atoms with E-state index in [4.69, 9.17) is 0 Å². The Balaban J connectivity index is 2.02. The van der Waals surface area contributed by atoms with Crippen LogP contribution in [0.5, 0.6) is 0 Å². The van der Waals surface area contributed by atoms with Gasteiger partial charge >= 0.3 is 0 Å². The molecule has 0 radical (unpaired) electrons. The van der Waals surface area contributed by atoms with Gasteiger partial charge in [0.15, 0.2) is 5.13 Å². The highest BCUT2D eigenvalue weighted by Crippen LogP contribution is 2.40. The Bertz CT molecular complexity index is 511. The summed E-state index contributed by atoms with van der Waals surface area (Å²) in [6.45, 7) is 4.37. The topological polar surface area (TPSA) is 24.9 Å². The average Bonchev–Trinajstić information content (AvgIpc) is 2.77. The number of rotatable bonds is 2. The van der Waals surface area contributed by atoms with Crippen molar-refractivity contribution >= 4 is 26.7 Å². The Kier molecular flexibility index (Phi) is 1.80. The number of thiazole rings is 1. The maximum atomic E-state index is 4.65. The van der Waals surface area contributed by atoms with E-state index in [1.807, 2.05) is 0 Å². The number of aromatic nitrogens is 1. The van der Waals surface area contributed by atoms with Crippen molar-refractivity contribution in [2.75, 3.05) is 5.32 Å². The summed E-state index contributed by atoms with van der Waals surface area (Å²) in [5, 5.41) is 4.59. The lowest BCUT2D eigenvalue weighted by atomic mass is 10.2. The van der Waals surface area contributed by atoms with Crippen LogP contribution in [0.15, 0.2) is 18.2 Å². The van der Waals surface area contributed by atoms with E-state index in [1.54, 1.807) is 11.3 Å². The van der Waals surface area contributed by atoms with Gasteiger partial charge in [0.25, 0.3) is 0 Å². The molecule has 0 spiro atoms. The number of aryl methyl sites for hydroxylation is 1. The third-order valence-corrected chi connectivity index (χ3v) is 3.97. The van der Waals surface area contributed by atoms with E-state index >= 15 is 0 Å². The van der Waals surface area contributed by atoms with E-state index in [9.17, 15) is 0 Å². The molecule has 0 bridgehead atoms. The molecule has 0 aliphatic heterocycles. The van der Waals surface area contributed by atoms with Crippen LogP contribution >= 0.6 is 11.3 Å². The Morgan fingerprint density at radius 1 is 1.40 bits per heavy atom. The van der Waals surface area contributed by atoms with Gasteiger partial charge in [-0.2, -0.15) is 0 Å². The molecule has 2 aromatic rings. The van der Waals surface area contributed by atoms with Crippen LogP contribution in [0.2, 0.25) is 0 Å². The van der Waals surface area contributed by atoms with Gasteiger partial charge in [-0.05, 0) is 38.3 Å². The Morgan fingerprint density at radius 3 is 2.87 bits per heavy atom. The fraction of sp³-hybridized carbons (Fsp3) is 0.417. The van der Waals surface area contributed by atoms with Crippen LogP contribution < -0.4 is 5.32 Å². The molecule has 0 saturated heterocycles. The summed E-state index contributed by atoms with van der Waals surface area (Å²) in [4.78, 5) is 4.65. The van der Waals surface area contributed by atoms with E-state index in [0.717, 1.165) is 10.6 Å². The summed E-state index contributed by atoms with van der Waals surface area (Å²) < 4.78 is 1.28. The van der Waals surface area contributed by atoms with Gasteiger partial charge in [-0.3, -0.25) is 0 Å². The van der Waals surface area contributed by atoms with Crippen LogP contribution in [-0.4, -0.2) is 10.5 Å². The first-order valence-electron chi connectivity index (χ1n) is 5.31. The molecule has 1 saturated carbocycles. The molecule has 3 heteroatoms. The molecule has 1 aromatic carbocycles. The van der Waals surface area contributed by atoms with Crippen molar-refractivity contribution in [3.05, 3.63) is 23.8 Å². The normalized spacial score (nSPS) is 18.0. The molecule has 1 fully saturated rings. The van der Waals surface area contributed by atoms with E-state index in [-0.39, 0.29) is 0 Å². The van der Waals surface area contributed by atoms with E-state index in [1.165, 1.54) is 23.1 Å². The third kappa shape index (κ3) is 1.61. The molecule has 1 aromatic heterocycles. The van der Waals surface area contributed by atoms with Crippen LogP contribution in [0.3, 0.4) is 0 Å². The molecule has 1 heterocycles. The van der Waals surface area contributed by atoms with Crippen molar-refractivity contribution in [2.24, 2.45) is 0 Å². The van der Waals surface area contributed by atoms with Crippen molar-refractivity contribution in [2.45, 2.75) is 32.2 Å². The fourth-order valence-corrected chi connectivity index (χ4v) is 2.80. The van der Waals surface area contributed by atoms with Gasteiger partial charge in [-0.15, -0.1) is 0 Å². The molecule has 78 valence electrons. The lowest BCUT2D eigenvalue weighted by molar-refractivity contribution is 0.828. The Labute approximate surface area is 93.3 Å². The number of benzene rings is 1. The lowest BCUT2D eigenvalue weighted by Gasteiger charge is -2.08. The molecule has 2 nitrogen and oxygen atoms in total. The predicted octanol–water partition coefficient (Wildman–Crippen LogP) is 3.57. The lowest BCUT2D eigenvalue weighted by Crippen LogP contribution is -2.15. The molecule has 1 N–H and O–H groups in total. The van der Waals surface area contributed by atoms with Crippen molar-refractivity contribution in [1.82, 2.24) is 4.98 Å². The van der Waals surface area contributed by atoms with E-state index in [0.29, 0.717) is 5.54 Å². The number of nitrogens with zero attached hydrogens (tertiary/aromatic N) is 1. The second kappa shape index (κ2) is 2.95. The first kappa shape index (κ1) is 9.16. The SMILES string of the molecule is Cc1cccc2sc(NC3(C)CC3)nc12. The monoisotopic (exact) mass is 218 g/mol. The standard InChI is InChI=1S/C12H14N2S/c1-8-4-3-5-9-10(8)13-11(15-9)14-12(2)6-7-12/h3-5H,6-7H2,1-2H3,(H,13,14). The van der Waals surface area contributed by atoms with E-state index < -0.39 is 0 Å². The van der Waals surface area contributed by atoms with Crippen molar-refractivity contribution < 1.29 is 0 Å². The number of hydrogen-bond donors (Lipinski definition) is 1. The van der Waals surface area contributed by atoms with Crippen LogP contribution in [0.4, 0.5) is 5.13 Å². The van der Waals surface area contributed by atoms with Crippen molar-refractivity contribution in [3.63, 3.8) is 0 Å². The molecule has 1 aliphatic carbocycles. The third-order valence-electron chi connectivity index (χ3n) is 3.03. The van der Waals surface area contributed by atoms with Crippen LogP contribution in [0, 0.1) is 6.92 Å². The molecular weight excluding hydrogens is 204 g/mol. The van der Waals surface area contributed by atoms with E-state index in [2.05, 4.69) is 42.3 Å². The molecule has 3 rings (SSSR count). The summed E-state index contributed by atoms with van der Waals surface area (Å²) in [7, 11) is 0. The van der Waals surface area contributed by atoms with Crippen LogP contribution in [0.25, 0.3) is 10.2 Å². The number of hydrogen-bond acceptors (Lipinski definition) is 3. The van der Waals surface area contributed by atoms with Gasteiger partial charge in [0.2, 0.25) is 0 Å². The summed E-state index contributed by atoms with van der Waals surface area (Å²) in [5.74, 6) is 0.